The number of carbonyl (C=O) groups is 2. The van der Waals surface area contributed by atoms with Crippen molar-refractivity contribution in [1.29, 1.82) is 0 Å². The number of carbonyl (C=O) groups excluding carboxylic acids is 2. The molecule has 2 aromatic rings. The first-order valence-corrected chi connectivity index (χ1v) is 8.91. The first-order chi connectivity index (χ1) is 13.0. The average molecular weight is 369 g/mol. The summed E-state index contributed by atoms with van der Waals surface area (Å²) in [4.78, 5) is 29.4. The smallest absolute Gasteiger partial charge is 0.267 e. The minimum atomic E-state index is -0.603. The Kier molecular flexibility index (Phi) is 5.90. The lowest BCUT2D eigenvalue weighted by Crippen LogP contribution is -2.46. The van der Waals surface area contributed by atoms with Crippen LogP contribution in [0.3, 0.4) is 0 Å². The molecule has 1 aliphatic heterocycles. The first-order valence-electron chi connectivity index (χ1n) is 8.91. The minimum absolute atomic E-state index is 0.00272. The minimum Gasteiger partial charge on any atom is -0.488 e. The fourth-order valence-corrected chi connectivity index (χ4v) is 3.01. The molecule has 1 saturated heterocycles. The lowest BCUT2D eigenvalue weighted by atomic mass is 10.1. The quantitative estimate of drug-likeness (QED) is 0.840. The van der Waals surface area contributed by atoms with Crippen molar-refractivity contribution < 1.29 is 19.1 Å². The second-order valence-corrected chi connectivity index (χ2v) is 6.57. The van der Waals surface area contributed by atoms with Crippen LogP contribution in [-0.2, 0) is 4.79 Å². The second-order valence-electron chi connectivity index (χ2n) is 6.57. The van der Waals surface area contributed by atoms with E-state index in [1.54, 1.807) is 11.0 Å². The molecule has 1 fully saturated rings. The van der Waals surface area contributed by atoms with Gasteiger partial charge in [0.1, 0.15) is 23.3 Å². The van der Waals surface area contributed by atoms with E-state index >= 15 is 0 Å². The molecule has 1 aromatic heterocycles. The van der Waals surface area contributed by atoms with Gasteiger partial charge in [0.05, 0.1) is 6.54 Å². The highest BCUT2D eigenvalue weighted by molar-refractivity contribution is 5.91. The fourth-order valence-electron chi connectivity index (χ4n) is 3.01. The molecule has 7 nitrogen and oxygen atoms in total. The summed E-state index contributed by atoms with van der Waals surface area (Å²) in [6.07, 6.45) is 3.01. The number of benzene rings is 1. The number of aryl methyl sites for hydroxylation is 1. The van der Waals surface area contributed by atoms with Crippen molar-refractivity contribution in [2.75, 3.05) is 19.7 Å². The predicted molar refractivity (Wildman–Crippen MR) is 99.7 cm³/mol. The number of nitrogens with two attached hydrogens (primary N) is 1. The van der Waals surface area contributed by atoms with Crippen LogP contribution in [0.4, 0.5) is 0 Å². The summed E-state index contributed by atoms with van der Waals surface area (Å²) in [5.41, 5.74) is 6.48. The molecular formula is C20H23N3O4. The van der Waals surface area contributed by atoms with Crippen molar-refractivity contribution in [2.24, 2.45) is 5.73 Å². The topological polar surface area (TPSA) is 94.8 Å². The number of primary amides is 1. The van der Waals surface area contributed by atoms with Gasteiger partial charge < -0.3 is 20.1 Å². The van der Waals surface area contributed by atoms with Crippen LogP contribution >= 0.6 is 0 Å². The molecule has 1 atom stereocenters. The maximum atomic E-state index is 12.5. The van der Waals surface area contributed by atoms with Crippen molar-refractivity contribution in [3.8, 4) is 11.5 Å². The molecular weight excluding hydrogens is 346 g/mol. The number of hydrogen-bond acceptors (Lipinski definition) is 5. The number of likely N-dealkylation sites (tertiary alicyclic amines) is 1. The molecule has 3 rings (SSSR count). The summed E-state index contributed by atoms with van der Waals surface area (Å²) in [5.74, 6) is 0.532. The van der Waals surface area contributed by atoms with Crippen molar-refractivity contribution in [2.45, 2.75) is 25.9 Å². The van der Waals surface area contributed by atoms with E-state index in [0.717, 1.165) is 18.4 Å². The van der Waals surface area contributed by atoms with Gasteiger partial charge in [-0.3, -0.25) is 14.6 Å². The summed E-state index contributed by atoms with van der Waals surface area (Å²) < 4.78 is 11.5. The molecule has 7 heteroatoms. The molecule has 142 valence electrons. The summed E-state index contributed by atoms with van der Waals surface area (Å²) in [7, 11) is 0. The molecule has 0 radical (unpaired) electrons. The van der Waals surface area contributed by atoms with E-state index in [9.17, 15) is 9.59 Å². The SMILES string of the molecule is Cc1cccc(OCC(=O)N2CCCC(Oc3ccnc(C(N)=O)c3)C2)c1. The van der Waals surface area contributed by atoms with E-state index in [2.05, 4.69) is 4.98 Å². The third-order valence-corrected chi connectivity index (χ3v) is 4.37. The molecule has 1 aromatic carbocycles. The molecule has 0 saturated carbocycles. The van der Waals surface area contributed by atoms with Gasteiger partial charge in [-0.2, -0.15) is 0 Å². The molecule has 2 amide bonds. The zero-order chi connectivity index (χ0) is 19.2. The van der Waals surface area contributed by atoms with Crippen molar-refractivity contribution >= 4 is 11.8 Å². The number of amides is 2. The molecule has 2 N–H and O–H groups in total. The molecule has 0 aliphatic carbocycles. The van der Waals surface area contributed by atoms with Crippen molar-refractivity contribution in [1.82, 2.24) is 9.88 Å². The highest BCUT2D eigenvalue weighted by Crippen LogP contribution is 2.19. The maximum Gasteiger partial charge on any atom is 0.267 e. The Balaban J connectivity index is 1.54. The highest BCUT2D eigenvalue weighted by Gasteiger charge is 2.25. The van der Waals surface area contributed by atoms with Crippen LogP contribution in [0.5, 0.6) is 11.5 Å². The van der Waals surface area contributed by atoms with Gasteiger partial charge in [0.25, 0.3) is 11.8 Å². The van der Waals surface area contributed by atoms with E-state index in [-0.39, 0.29) is 24.3 Å². The van der Waals surface area contributed by atoms with E-state index in [4.69, 9.17) is 15.2 Å². The molecule has 0 spiro atoms. The second kappa shape index (κ2) is 8.53. The maximum absolute atomic E-state index is 12.5. The largest absolute Gasteiger partial charge is 0.488 e. The van der Waals surface area contributed by atoms with E-state index in [1.165, 1.54) is 12.3 Å². The normalized spacial score (nSPS) is 16.6. The third kappa shape index (κ3) is 5.20. The standard InChI is InChI=1S/C20H23N3O4/c1-14-4-2-5-15(10-14)26-13-19(24)23-9-3-6-17(12-23)27-16-7-8-22-18(11-16)20(21)25/h2,4-5,7-8,10-11,17H,3,6,9,12-13H2,1H3,(H2,21,25). The zero-order valence-corrected chi connectivity index (χ0v) is 15.3. The summed E-state index contributed by atoms with van der Waals surface area (Å²) in [6, 6.07) is 10.8. The van der Waals surface area contributed by atoms with E-state index in [1.807, 2.05) is 31.2 Å². The zero-order valence-electron chi connectivity index (χ0n) is 15.3. The number of hydrogen-bond donors (Lipinski definition) is 1. The Hall–Kier alpha value is -3.09. The van der Waals surface area contributed by atoms with Crippen LogP contribution in [0.2, 0.25) is 0 Å². The number of piperidine rings is 1. The molecule has 0 bridgehead atoms. The number of rotatable bonds is 6. The number of ether oxygens (including phenoxy) is 2. The van der Waals surface area contributed by atoms with E-state index < -0.39 is 5.91 Å². The van der Waals surface area contributed by atoms with Crippen LogP contribution in [0.1, 0.15) is 28.9 Å². The Bertz CT molecular complexity index is 824. The average Bonchev–Trinajstić information content (AvgIpc) is 2.66. The van der Waals surface area contributed by atoms with E-state index in [0.29, 0.717) is 24.6 Å². The van der Waals surface area contributed by atoms with Crippen LogP contribution in [0.15, 0.2) is 42.6 Å². The van der Waals surface area contributed by atoms with Gasteiger partial charge in [-0.15, -0.1) is 0 Å². The predicted octanol–water partition coefficient (Wildman–Crippen LogP) is 1.94. The summed E-state index contributed by atoms with van der Waals surface area (Å²) >= 11 is 0. The number of pyridine rings is 1. The van der Waals surface area contributed by atoms with Gasteiger partial charge in [0.15, 0.2) is 6.61 Å². The van der Waals surface area contributed by atoms with Gasteiger partial charge in [-0.25, -0.2) is 0 Å². The summed E-state index contributed by atoms with van der Waals surface area (Å²) in [6.45, 7) is 3.13. The van der Waals surface area contributed by atoms with Gasteiger partial charge in [-0.05, 0) is 43.5 Å². The monoisotopic (exact) mass is 369 g/mol. The molecule has 1 aliphatic rings. The van der Waals surface area contributed by atoms with Crippen LogP contribution in [-0.4, -0.2) is 47.5 Å². The third-order valence-electron chi connectivity index (χ3n) is 4.37. The summed E-state index contributed by atoms with van der Waals surface area (Å²) in [5, 5.41) is 0. The Morgan fingerprint density at radius 1 is 1.26 bits per heavy atom. The Morgan fingerprint density at radius 2 is 2.11 bits per heavy atom. The fraction of sp³-hybridized carbons (Fsp3) is 0.350. The number of nitrogens with zero attached hydrogens (tertiary/aromatic N) is 2. The first kappa shape index (κ1) is 18.7. The highest BCUT2D eigenvalue weighted by atomic mass is 16.5. The van der Waals surface area contributed by atoms with Gasteiger partial charge in [-0.1, -0.05) is 12.1 Å². The lowest BCUT2D eigenvalue weighted by molar-refractivity contribution is -0.136. The molecule has 27 heavy (non-hydrogen) atoms. The molecule has 2 heterocycles. The van der Waals surface area contributed by atoms with Crippen LogP contribution in [0.25, 0.3) is 0 Å². The van der Waals surface area contributed by atoms with Crippen LogP contribution in [0, 0.1) is 6.92 Å². The van der Waals surface area contributed by atoms with Crippen molar-refractivity contribution in [3.63, 3.8) is 0 Å². The van der Waals surface area contributed by atoms with Gasteiger partial charge in [0.2, 0.25) is 0 Å². The lowest BCUT2D eigenvalue weighted by Gasteiger charge is -2.32. The van der Waals surface area contributed by atoms with Gasteiger partial charge in [0, 0.05) is 18.8 Å². The Morgan fingerprint density at radius 3 is 2.89 bits per heavy atom. The van der Waals surface area contributed by atoms with Crippen molar-refractivity contribution in [3.05, 3.63) is 53.9 Å². The molecule has 1 unspecified atom stereocenters. The number of aromatic nitrogens is 1. The van der Waals surface area contributed by atoms with Crippen LogP contribution < -0.4 is 15.2 Å². The van der Waals surface area contributed by atoms with Gasteiger partial charge >= 0.3 is 0 Å². The Labute approximate surface area is 158 Å².